The predicted octanol–water partition coefficient (Wildman–Crippen LogP) is 1.93. The minimum absolute atomic E-state index is 0.0424. The monoisotopic (exact) mass is 229 g/mol. The highest BCUT2D eigenvalue weighted by Gasteiger charge is 2.48. The molecule has 2 fully saturated rings. The number of thioether (sulfide) groups is 1. The van der Waals surface area contributed by atoms with Gasteiger partial charge < -0.3 is 5.11 Å². The van der Waals surface area contributed by atoms with Crippen LogP contribution in [0.5, 0.6) is 0 Å². The van der Waals surface area contributed by atoms with Gasteiger partial charge in [0.05, 0.1) is 4.87 Å². The highest BCUT2D eigenvalue weighted by molar-refractivity contribution is 8.01. The molecule has 4 atom stereocenters. The van der Waals surface area contributed by atoms with Gasteiger partial charge in [0.25, 0.3) is 0 Å². The molecule has 0 amide bonds. The quantitative estimate of drug-likeness (QED) is 0.721. The molecule has 1 saturated heterocycles. The molecule has 1 spiro atoms. The van der Waals surface area contributed by atoms with Crippen LogP contribution in [0.15, 0.2) is 0 Å². The lowest BCUT2D eigenvalue weighted by molar-refractivity contribution is -0.139. The minimum atomic E-state index is -0.704. The first-order chi connectivity index (χ1) is 7.05. The fourth-order valence-electron chi connectivity index (χ4n) is 2.77. The Hall–Kier alpha value is -0.220. The number of nitrogens with one attached hydrogen (secondary N) is 1. The molecule has 1 heterocycles. The molecule has 0 aromatic carbocycles. The van der Waals surface area contributed by atoms with Crippen molar-refractivity contribution in [2.45, 2.75) is 44.0 Å². The van der Waals surface area contributed by atoms with Crippen LogP contribution in [-0.2, 0) is 4.79 Å². The van der Waals surface area contributed by atoms with Crippen LogP contribution in [0.3, 0.4) is 0 Å². The van der Waals surface area contributed by atoms with E-state index in [1.54, 1.807) is 0 Å². The fourth-order valence-corrected chi connectivity index (χ4v) is 4.47. The molecule has 2 aliphatic rings. The third-order valence-corrected chi connectivity index (χ3v) is 5.73. The first-order valence-electron chi connectivity index (χ1n) is 5.69. The van der Waals surface area contributed by atoms with Gasteiger partial charge in [0.1, 0.15) is 6.04 Å². The highest BCUT2D eigenvalue weighted by atomic mass is 32.2. The van der Waals surface area contributed by atoms with E-state index in [2.05, 4.69) is 19.2 Å². The minimum Gasteiger partial charge on any atom is -0.480 e. The normalized spacial score (nSPS) is 45.9. The van der Waals surface area contributed by atoms with Crippen molar-refractivity contribution in [1.29, 1.82) is 0 Å². The van der Waals surface area contributed by atoms with Crippen LogP contribution in [0.4, 0.5) is 0 Å². The second-order valence-corrected chi connectivity index (χ2v) is 6.24. The van der Waals surface area contributed by atoms with Crippen molar-refractivity contribution in [3.63, 3.8) is 0 Å². The molecule has 86 valence electrons. The topological polar surface area (TPSA) is 49.3 Å². The van der Waals surface area contributed by atoms with Gasteiger partial charge in [0, 0.05) is 5.75 Å². The van der Waals surface area contributed by atoms with E-state index in [0.29, 0.717) is 17.6 Å². The molecule has 3 nitrogen and oxygen atoms in total. The van der Waals surface area contributed by atoms with Gasteiger partial charge in [-0.15, -0.1) is 11.8 Å². The molecule has 4 unspecified atom stereocenters. The van der Waals surface area contributed by atoms with Crippen LogP contribution in [-0.4, -0.2) is 27.7 Å². The Morgan fingerprint density at radius 2 is 2.27 bits per heavy atom. The van der Waals surface area contributed by atoms with E-state index in [4.69, 9.17) is 5.11 Å². The third kappa shape index (κ3) is 1.89. The van der Waals surface area contributed by atoms with Crippen molar-refractivity contribution in [1.82, 2.24) is 5.32 Å². The van der Waals surface area contributed by atoms with Crippen molar-refractivity contribution in [2.75, 3.05) is 5.75 Å². The first kappa shape index (κ1) is 11.3. The summed E-state index contributed by atoms with van der Waals surface area (Å²) in [6.07, 6.45) is 3.62. The maximum Gasteiger partial charge on any atom is 0.321 e. The molecule has 4 heteroatoms. The number of hydrogen-bond acceptors (Lipinski definition) is 3. The molecule has 2 rings (SSSR count). The van der Waals surface area contributed by atoms with Crippen LogP contribution in [0.2, 0.25) is 0 Å². The first-order valence-corrected chi connectivity index (χ1v) is 6.68. The summed E-state index contributed by atoms with van der Waals surface area (Å²) >= 11 is 1.82. The molecular weight excluding hydrogens is 210 g/mol. The zero-order chi connectivity index (χ0) is 11.1. The highest BCUT2D eigenvalue weighted by Crippen LogP contribution is 2.48. The number of carboxylic acid groups (broad SMARTS) is 1. The molecule has 2 N–H and O–H groups in total. The molecule has 0 bridgehead atoms. The molecular formula is C11H19NO2S. The smallest absolute Gasteiger partial charge is 0.321 e. The van der Waals surface area contributed by atoms with Gasteiger partial charge in [0.2, 0.25) is 0 Å². The molecule has 1 saturated carbocycles. The SMILES string of the molecule is CC1CCCC2(NC(C(=O)O)CS2)C1C. The number of aliphatic carboxylic acids is 1. The van der Waals surface area contributed by atoms with Gasteiger partial charge in [-0.25, -0.2) is 0 Å². The van der Waals surface area contributed by atoms with Crippen molar-refractivity contribution >= 4 is 17.7 Å². The van der Waals surface area contributed by atoms with Crippen molar-refractivity contribution in [3.05, 3.63) is 0 Å². The van der Waals surface area contributed by atoms with Crippen molar-refractivity contribution < 1.29 is 9.90 Å². The average Bonchev–Trinajstić information content (AvgIpc) is 2.60. The number of carbonyl (C=O) groups is 1. The lowest BCUT2D eigenvalue weighted by Gasteiger charge is -2.43. The van der Waals surface area contributed by atoms with Crippen LogP contribution in [0, 0.1) is 11.8 Å². The Morgan fingerprint density at radius 1 is 1.53 bits per heavy atom. The second-order valence-electron chi connectivity index (χ2n) is 4.89. The van der Waals surface area contributed by atoms with E-state index in [1.807, 2.05) is 11.8 Å². The maximum absolute atomic E-state index is 10.9. The summed E-state index contributed by atoms with van der Waals surface area (Å²) in [5.74, 6) is 1.28. The van der Waals surface area contributed by atoms with Gasteiger partial charge in [-0.3, -0.25) is 10.1 Å². The van der Waals surface area contributed by atoms with Crippen molar-refractivity contribution in [2.24, 2.45) is 11.8 Å². The Morgan fingerprint density at radius 3 is 2.87 bits per heavy atom. The van der Waals surface area contributed by atoms with E-state index >= 15 is 0 Å². The Bertz CT molecular complexity index is 271. The van der Waals surface area contributed by atoms with E-state index < -0.39 is 5.97 Å². The molecule has 0 radical (unpaired) electrons. The van der Waals surface area contributed by atoms with E-state index in [1.165, 1.54) is 12.8 Å². The zero-order valence-electron chi connectivity index (χ0n) is 9.32. The number of rotatable bonds is 1. The number of hydrogen-bond donors (Lipinski definition) is 2. The zero-order valence-corrected chi connectivity index (χ0v) is 10.1. The maximum atomic E-state index is 10.9. The van der Waals surface area contributed by atoms with Gasteiger partial charge in [0.15, 0.2) is 0 Å². The lowest BCUT2D eigenvalue weighted by atomic mass is 9.77. The third-order valence-electron chi connectivity index (χ3n) is 4.02. The van der Waals surface area contributed by atoms with Crippen molar-refractivity contribution in [3.8, 4) is 0 Å². The van der Waals surface area contributed by atoms with Crippen LogP contribution < -0.4 is 5.32 Å². The molecule has 1 aliphatic carbocycles. The second kappa shape index (κ2) is 3.98. The molecule has 15 heavy (non-hydrogen) atoms. The standard InChI is InChI=1S/C11H19NO2S/c1-7-4-3-5-11(8(7)2)12-9(6-15-11)10(13)14/h7-9,12H,3-6H2,1-2H3,(H,13,14). The van der Waals surface area contributed by atoms with Gasteiger partial charge in [-0.2, -0.15) is 0 Å². The average molecular weight is 229 g/mol. The summed E-state index contributed by atoms with van der Waals surface area (Å²) < 4.78 is 0. The largest absolute Gasteiger partial charge is 0.480 e. The van der Waals surface area contributed by atoms with Gasteiger partial charge in [-0.1, -0.05) is 26.7 Å². The molecule has 0 aromatic rings. The Labute approximate surface area is 95.0 Å². The Kier molecular flexibility index (Phi) is 2.99. The summed E-state index contributed by atoms with van der Waals surface area (Å²) in [7, 11) is 0. The van der Waals surface area contributed by atoms with Gasteiger partial charge in [-0.05, 0) is 18.3 Å². The summed E-state index contributed by atoms with van der Waals surface area (Å²) in [6.45, 7) is 4.54. The molecule has 1 aliphatic heterocycles. The molecule has 0 aromatic heterocycles. The van der Waals surface area contributed by atoms with E-state index in [0.717, 1.165) is 6.42 Å². The Balaban J connectivity index is 2.11. The number of carboxylic acids is 1. The summed E-state index contributed by atoms with van der Waals surface area (Å²) in [6, 6.07) is -0.345. The van der Waals surface area contributed by atoms with Crippen LogP contribution in [0.25, 0.3) is 0 Å². The van der Waals surface area contributed by atoms with E-state index in [9.17, 15) is 4.79 Å². The van der Waals surface area contributed by atoms with E-state index in [-0.39, 0.29) is 10.9 Å². The lowest BCUT2D eigenvalue weighted by Crippen LogP contribution is -2.52. The predicted molar refractivity (Wildman–Crippen MR) is 61.9 cm³/mol. The van der Waals surface area contributed by atoms with Gasteiger partial charge >= 0.3 is 5.97 Å². The fraction of sp³-hybridized carbons (Fsp3) is 0.909. The summed E-state index contributed by atoms with van der Waals surface area (Å²) in [4.78, 5) is 11.0. The summed E-state index contributed by atoms with van der Waals surface area (Å²) in [5.41, 5.74) is 0. The van der Waals surface area contributed by atoms with Crippen LogP contribution in [0.1, 0.15) is 33.1 Å². The summed E-state index contributed by atoms with van der Waals surface area (Å²) in [5, 5.41) is 12.4. The van der Waals surface area contributed by atoms with Crippen LogP contribution >= 0.6 is 11.8 Å².